The lowest BCUT2D eigenvalue weighted by atomic mass is 10.0. The molecule has 0 spiro atoms. The van der Waals surface area contributed by atoms with Gasteiger partial charge in [-0.3, -0.25) is 4.79 Å². The molecule has 1 aromatic rings. The molecule has 2 heterocycles. The van der Waals surface area contributed by atoms with Crippen LogP contribution < -0.4 is 0 Å². The summed E-state index contributed by atoms with van der Waals surface area (Å²) in [5, 5.41) is 0. The first kappa shape index (κ1) is 16.0. The molecule has 21 heavy (non-hydrogen) atoms. The number of amides is 1. The van der Waals surface area contributed by atoms with Crippen molar-refractivity contribution in [2.75, 3.05) is 19.7 Å². The highest BCUT2D eigenvalue weighted by molar-refractivity contribution is 5.93. The molecule has 5 nitrogen and oxygen atoms in total. The van der Waals surface area contributed by atoms with Crippen LogP contribution in [0.15, 0.2) is 10.8 Å². The molecule has 1 saturated heterocycles. The minimum atomic E-state index is -0.0299. The van der Waals surface area contributed by atoms with Gasteiger partial charge in [0, 0.05) is 19.5 Å². The average molecular weight is 294 g/mol. The summed E-state index contributed by atoms with van der Waals surface area (Å²) in [5.41, 5.74) is 0.459. The Labute approximate surface area is 126 Å². The molecule has 0 aliphatic carbocycles. The Kier molecular flexibility index (Phi) is 5.79. The van der Waals surface area contributed by atoms with Crippen molar-refractivity contribution in [1.29, 1.82) is 0 Å². The fourth-order valence-corrected chi connectivity index (χ4v) is 2.68. The van der Waals surface area contributed by atoms with Crippen LogP contribution in [0.3, 0.4) is 0 Å². The highest BCUT2D eigenvalue weighted by atomic mass is 16.5. The van der Waals surface area contributed by atoms with Gasteiger partial charge in [-0.2, -0.15) is 0 Å². The molecule has 1 fully saturated rings. The third-order valence-corrected chi connectivity index (χ3v) is 3.90. The van der Waals surface area contributed by atoms with Crippen molar-refractivity contribution in [3.05, 3.63) is 17.8 Å². The molecular weight excluding hydrogens is 268 g/mol. The zero-order valence-electron chi connectivity index (χ0n) is 13.3. The maximum absolute atomic E-state index is 12.5. The second-order valence-electron chi connectivity index (χ2n) is 6.05. The lowest BCUT2D eigenvalue weighted by Crippen LogP contribution is -2.45. The molecule has 1 atom stereocenters. The Morgan fingerprint density at radius 3 is 3.05 bits per heavy atom. The maximum atomic E-state index is 12.5. The average Bonchev–Trinajstić information content (AvgIpc) is 2.95. The number of nitrogens with zero attached hydrogens (tertiary/aromatic N) is 2. The van der Waals surface area contributed by atoms with Crippen molar-refractivity contribution in [3.8, 4) is 0 Å². The number of hydrogen-bond acceptors (Lipinski definition) is 4. The Hall–Kier alpha value is -1.36. The Balaban J connectivity index is 1.90. The number of aromatic nitrogens is 1. The van der Waals surface area contributed by atoms with E-state index >= 15 is 0 Å². The van der Waals surface area contributed by atoms with E-state index in [4.69, 9.17) is 9.15 Å². The number of hydrogen-bond donors (Lipinski definition) is 0. The molecule has 1 aromatic heterocycles. The summed E-state index contributed by atoms with van der Waals surface area (Å²) in [6, 6.07) is 0. The quantitative estimate of drug-likeness (QED) is 0.809. The van der Waals surface area contributed by atoms with E-state index in [1.54, 1.807) is 0 Å². The van der Waals surface area contributed by atoms with Gasteiger partial charge in [-0.25, -0.2) is 4.98 Å². The molecule has 0 radical (unpaired) electrons. The Morgan fingerprint density at radius 1 is 1.52 bits per heavy atom. The smallest absolute Gasteiger partial charge is 0.276 e. The Morgan fingerprint density at radius 2 is 2.33 bits per heavy atom. The summed E-state index contributed by atoms with van der Waals surface area (Å²) in [6.45, 7) is 8.33. The first-order chi connectivity index (χ1) is 10.1. The fraction of sp³-hybridized carbons (Fsp3) is 0.750. The van der Waals surface area contributed by atoms with Crippen LogP contribution in [0.25, 0.3) is 0 Å². The lowest BCUT2D eigenvalue weighted by Gasteiger charge is -2.32. The number of oxazole rings is 1. The van der Waals surface area contributed by atoms with E-state index in [1.807, 2.05) is 11.8 Å². The van der Waals surface area contributed by atoms with Crippen molar-refractivity contribution in [1.82, 2.24) is 9.88 Å². The monoisotopic (exact) mass is 294 g/mol. The third-order valence-electron chi connectivity index (χ3n) is 3.90. The predicted octanol–water partition coefficient (Wildman–Crippen LogP) is 2.90. The second-order valence-corrected chi connectivity index (χ2v) is 6.05. The number of aryl methyl sites for hydroxylation is 1. The van der Waals surface area contributed by atoms with E-state index in [1.165, 1.54) is 12.8 Å². The van der Waals surface area contributed by atoms with Crippen LogP contribution in [0.5, 0.6) is 0 Å². The van der Waals surface area contributed by atoms with E-state index in [-0.39, 0.29) is 12.0 Å². The first-order valence-corrected chi connectivity index (χ1v) is 7.95. The first-order valence-electron chi connectivity index (χ1n) is 7.95. The molecule has 118 valence electrons. The van der Waals surface area contributed by atoms with E-state index in [9.17, 15) is 4.79 Å². The van der Waals surface area contributed by atoms with E-state index < -0.39 is 0 Å². The maximum Gasteiger partial charge on any atom is 0.276 e. The summed E-state index contributed by atoms with van der Waals surface area (Å²) in [7, 11) is 0. The molecule has 0 aromatic carbocycles. The predicted molar refractivity (Wildman–Crippen MR) is 80.2 cm³/mol. The van der Waals surface area contributed by atoms with Gasteiger partial charge in [0.15, 0.2) is 12.1 Å². The summed E-state index contributed by atoms with van der Waals surface area (Å²) in [6.07, 6.45) is 5.56. The highest BCUT2D eigenvalue weighted by Gasteiger charge is 2.27. The molecule has 1 amide bonds. The van der Waals surface area contributed by atoms with Gasteiger partial charge < -0.3 is 14.1 Å². The molecule has 0 unspecified atom stereocenters. The zero-order chi connectivity index (χ0) is 15.2. The number of ether oxygens (including phenoxy) is 1. The van der Waals surface area contributed by atoms with Crippen LogP contribution in [0.2, 0.25) is 0 Å². The summed E-state index contributed by atoms with van der Waals surface area (Å²) < 4.78 is 11.0. The van der Waals surface area contributed by atoms with Gasteiger partial charge in [0.2, 0.25) is 0 Å². The molecule has 1 aliphatic rings. The van der Waals surface area contributed by atoms with Gasteiger partial charge in [0.05, 0.1) is 12.7 Å². The molecule has 0 saturated carbocycles. The summed E-state index contributed by atoms with van der Waals surface area (Å²) in [4.78, 5) is 18.4. The normalized spacial score (nSPS) is 19.2. The molecule has 5 heteroatoms. The number of rotatable bonds is 6. The van der Waals surface area contributed by atoms with Crippen molar-refractivity contribution >= 4 is 5.91 Å². The molecule has 2 rings (SSSR count). The number of carbonyl (C=O) groups excluding carboxylic acids is 1. The van der Waals surface area contributed by atoms with E-state index in [0.29, 0.717) is 43.5 Å². The van der Waals surface area contributed by atoms with Crippen LogP contribution >= 0.6 is 0 Å². The molecule has 1 aliphatic heterocycles. The SMILES string of the molecule is CCc1ocnc1C(=O)N1CCO[C@@H](CCCC(C)C)C1. The Bertz CT molecular complexity index is 456. The fourth-order valence-electron chi connectivity index (χ4n) is 2.68. The van der Waals surface area contributed by atoms with Crippen molar-refractivity contribution < 1.29 is 13.9 Å². The zero-order valence-corrected chi connectivity index (χ0v) is 13.3. The minimum Gasteiger partial charge on any atom is -0.448 e. The van der Waals surface area contributed by atoms with Gasteiger partial charge in [0.25, 0.3) is 5.91 Å². The number of morpholine rings is 1. The van der Waals surface area contributed by atoms with Gasteiger partial charge >= 0.3 is 0 Å². The van der Waals surface area contributed by atoms with Crippen LogP contribution in [0, 0.1) is 5.92 Å². The topological polar surface area (TPSA) is 55.6 Å². The van der Waals surface area contributed by atoms with Crippen molar-refractivity contribution in [2.24, 2.45) is 5.92 Å². The summed E-state index contributed by atoms with van der Waals surface area (Å²) in [5.74, 6) is 1.36. The van der Waals surface area contributed by atoms with E-state index in [2.05, 4.69) is 18.8 Å². The van der Waals surface area contributed by atoms with Crippen LogP contribution in [0.1, 0.15) is 56.3 Å². The largest absolute Gasteiger partial charge is 0.448 e. The third kappa shape index (κ3) is 4.30. The highest BCUT2D eigenvalue weighted by Crippen LogP contribution is 2.17. The van der Waals surface area contributed by atoms with Gasteiger partial charge in [-0.1, -0.05) is 33.6 Å². The van der Waals surface area contributed by atoms with Crippen molar-refractivity contribution in [2.45, 2.75) is 52.6 Å². The molecule has 0 N–H and O–H groups in total. The van der Waals surface area contributed by atoms with Gasteiger partial charge in [0.1, 0.15) is 5.76 Å². The summed E-state index contributed by atoms with van der Waals surface area (Å²) >= 11 is 0. The van der Waals surface area contributed by atoms with Gasteiger partial charge in [-0.15, -0.1) is 0 Å². The van der Waals surface area contributed by atoms with E-state index in [0.717, 1.165) is 12.8 Å². The molecule has 0 bridgehead atoms. The molecular formula is C16H26N2O3. The second kappa shape index (κ2) is 7.59. The standard InChI is InChI=1S/C16H26N2O3/c1-4-14-15(17-11-21-14)16(19)18-8-9-20-13(10-18)7-5-6-12(2)3/h11-13H,4-10H2,1-3H3/t13-/m0/s1. The number of carbonyl (C=O) groups is 1. The van der Waals surface area contributed by atoms with Gasteiger partial charge in [-0.05, 0) is 12.3 Å². The minimum absolute atomic E-state index is 0.0299. The lowest BCUT2D eigenvalue weighted by molar-refractivity contribution is -0.0262. The van der Waals surface area contributed by atoms with Crippen LogP contribution in [-0.4, -0.2) is 41.6 Å². The van der Waals surface area contributed by atoms with Crippen molar-refractivity contribution in [3.63, 3.8) is 0 Å². The van der Waals surface area contributed by atoms with Crippen LogP contribution in [-0.2, 0) is 11.2 Å². The van der Waals surface area contributed by atoms with Crippen LogP contribution in [0.4, 0.5) is 0 Å².